The molecule has 0 spiro atoms. The maximum atomic E-state index is 2.65. The van der Waals surface area contributed by atoms with Crippen molar-refractivity contribution in [2.45, 2.75) is 47.0 Å². The van der Waals surface area contributed by atoms with Crippen LogP contribution in [0.5, 0.6) is 0 Å². The zero-order valence-corrected chi connectivity index (χ0v) is 19.4. The van der Waals surface area contributed by atoms with E-state index < -0.39 is 17.4 Å². The molecule has 0 amide bonds. The first-order valence-electron chi connectivity index (χ1n) is 8.75. The summed E-state index contributed by atoms with van der Waals surface area (Å²) in [6.45, 7) is 11.7. The Labute approximate surface area is 144 Å². The van der Waals surface area contributed by atoms with E-state index in [2.05, 4.69) is 86.3 Å². The number of fused-ring (bicyclic) bond motifs is 1. The predicted molar refractivity (Wildman–Crippen MR) is 103 cm³/mol. The summed E-state index contributed by atoms with van der Waals surface area (Å²) in [6.07, 6.45) is 8.69. The van der Waals surface area contributed by atoms with Crippen LogP contribution in [0.4, 0.5) is 0 Å². The average Bonchev–Trinajstić information content (AvgIpc) is 3.05. The van der Waals surface area contributed by atoms with Crippen LogP contribution in [0.25, 0.3) is 5.57 Å². The summed E-state index contributed by atoms with van der Waals surface area (Å²) < 4.78 is 7.74. The molecule has 122 valence electrons. The number of rotatable bonds is 2. The topological polar surface area (TPSA) is 0 Å². The summed E-state index contributed by atoms with van der Waals surface area (Å²) in [5, 5.41) is 0. The van der Waals surface area contributed by atoms with E-state index in [1.165, 1.54) is 17.6 Å². The molecule has 1 aromatic carbocycles. The number of hydrogen-bond donors (Lipinski definition) is 0. The van der Waals surface area contributed by atoms with Crippen LogP contribution in [-0.4, -0.2) is 6.88 Å². The molecule has 0 bridgehead atoms. The zero-order valence-electron chi connectivity index (χ0n) is 15.5. The van der Waals surface area contributed by atoms with Crippen LogP contribution < -0.4 is 0 Å². The van der Waals surface area contributed by atoms with Gasteiger partial charge in [-0.25, -0.2) is 0 Å². The average molecular weight is 402 g/mol. The molecule has 0 nitrogen and oxygen atoms in total. The van der Waals surface area contributed by atoms with E-state index >= 15 is 0 Å². The van der Waals surface area contributed by atoms with Gasteiger partial charge in [0.2, 0.25) is 0 Å². The van der Waals surface area contributed by atoms with Crippen molar-refractivity contribution >= 4 is 12.5 Å². The summed E-state index contributed by atoms with van der Waals surface area (Å²) in [5.74, 6) is 0. The number of benzene rings is 1. The Morgan fingerprint density at radius 3 is 2.35 bits per heavy atom. The first-order chi connectivity index (χ1) is 10.5. The summed E-state index contributed by atoms with van der Waals surface area (Å²) in [6, 6.07) is 9.07. The van der Waals surface area contributed by atoms with Gasteiger partial charge in [0, 0.05) is 0 Å². The van der Waals surface area contributed by atoms with Crippen LogP contribution in [0, 0.1) is 5.41 Å². The molecular weight excluding hydrogens is 372 g/mol. The second kappa shape index (κ2) is 5.27. The van der Waals surface area contributed by atoms with Gasteiger partial charge in [-0.15, -0.1) is 0 Å². The Morgan fingerprint density at radius 2 is 1.74 bits per heavy atom. The van der Waals surface area contributed by atoms with Crippen molar-refractivity contribution in [2.24, 2.45) is 5.41 Å². The third kappa shape index (κ3) is 2.87. The van der Waals surface area contributed by atoms with Crippen molar-refractivity contribution in [3.63, 3.8) is 0 Å². The van der Waals surface area contributed by atoms with Gasteiger partial charge in [0.25, 0.3) is 0 Å². The minimum atomic E-state index is -3.02. The first kappa shape index (κ1) is 17.4. The molecule has 0 fully saturated rings. The number of allylic oxidation sites excluding steroid dienone is 6. The van der Waals surface area contributed by atoms with E-state index in [4.69, 9.17) is 0 Å². The van der Waals surface area contributed by atoms with Crippen molar-refractivity contribution in [1.29, 1.82) is 0 Å². The summed E-state index contributed by atoms with van der Waals surface area (Å²) in [7, 11) is 0. The SMILES string of the molecule is CC1=C[CH]([Zr]([CH3])([CH3])(=[SiH2])[C]2=CC=C(C(C)(C)C)C2)c2ccccc21. The third-order valence-electron chi connectivity index (χ3n) is 6.02. The molecule has 0 N–H and O–H groups in total. The van der Waals surface area contributed by atoms with Gasteiger partial charge in [-0.1, -0.05) is 0 Å². The molecule has 2 aliphatic carbocycles. The van der Waals surface area contributed by atoms with Gasteiger partial charge in [-0.05, 0) is 0 Å². The van der Waals surface area contributed by atoms with E-state index in [9.17, 15) is 0 Å². The third-order valence-corrected chi connectivity index (χ3v) is 23.4. The second-order valence-electron chi connectivity index (χ2n) is 9.53. The standard InChI is InChI=1S/C10H9.C9H13.2CH3.H2Si.Zr/c1-8-6-7-9-4-2-3-5-10(8)9;1-9(2,3)8-6-4-5-7-8;;;;/h2-7H,1H3;4,6H,7H2,1-3H3;2*1H3;1H2;. The van der Waals surface area contributed by atoms with Gasteiger partial charge in [0.15, 0.2) is 0 Å². The van der Waals surface area contributed by atoms with E-state index in [1.54, 1.807) is 14.4 Å². The minimum absolute atomic E-state index is 0.291. The van der Waals surface area contributed by atoms with Crippen molar-refractivity contribution in [3.8, 4) is 0 Å². The molecule has 1 atom stereocenters. The molecule has 0 aliphatic heterocycles. The van der Waals surface area contributed by atoms with Crippen LogP contribution >= 0.6 is 0 Å². The fourth-order valence-electron chi connectivity index (χ4n) is 4.13. The molecule has 2 aliphatic rings. The second-order valence-corrected chi connectivity index (χ2v) is 39.3. The Morgan fingerprint density at radius 1 is 1.09 bits per heavy atom. The van der Waals surface area contributed by atoms with E-state index in [0.29, 0.717) is 9.04 Å². The molecule has 0 saturated carbocycles. The van der Waals surface area contributed by atoms with Crippen LogP contribution in [0.1, 0.15) is 48.9 Å². The molecule has 1 aromatic rings. The first-order valence-corrected chi connectivity index (χ1v) is 22.2. The molecule has 0 heterocycles. The normalized spacial score (nSPS) is 21.7. The molecule has 0 radical (unpaired) electrons. The van der Waals surface area contributed by atoms with Crippen LogP contribution in [0.15, 0.2) is 51.3 Å². The Bertz CT molecular complexity index is 822. The van der Waals surface area contributed by atoms with E-state index in [0.717, 1.165) is 0 Å². The molecular formula is C21H30SiZr. The Balaban J connectivity index is 2.02. The van der Waals surface area contributed by atoms with Gasteiger partial charge in [0.05, 0.1) is 0 Å². The predicted octanol–water partition coefficient (Wildman–Crippen LogP) is 5.74. The fourth-order valence-corrected chi connectivity index (χ4v) is 17.0. The van der Waals surface area contributed by atoms with Gasteiger partial charge in [0.1, 0.15) is 0 Å². The van der Waals surface area contributed by atoms with Crippen LogP contribution in [-0.2, 0) is 17.4 Å². The molecule has 0 aromatic heterocycles. The number of hydrogen-bond acceptors (Lipinski definition) is 0. The maximum absolute atomic E-state index is 3.02. The molecule has 1 unspecified atom stereocenters. The van der Waals surface area contributed by atoms with Gasteiger partial charge in [-0.2, -0.15) is 0 Å². The van der Waals surface area contributed by atoms with Crippen molar-refractivity contribution < 1.29 is 17.4 Å². The van der Waals surface area contributed by atoms with Gasteiger partial charge >= 0.3 is 145 Å². The van der Waals surface area contributed by atoms with Crippen molar-refractivity contribution in [2.75, 3.05) is 0 Å². The summed E-state index contributed by atoms with van der Waals surface area (Å²) >= 11 is -3.02. The quantitative estimate of drug-likeness (QED) is 0.554. The molecule has 23 heavy (non-hydrogen) atoms. The van der Waals surface area contributed by atoms with Crippen molar-refractivity contribution in [1.82, 2.24) is 0 Å². The van der Waals surface area contributed by atoms with Crippen molar-refractivity contribution in [3.05, 3.63) is 62.5 Å². The van der Waals surface area contributed by atoms with Gasteiger partial charge < -0.3 is 0 Å². The Kier molecular flexibility index (Phi) is 3.98. The van der Waals surface area contributed by atoms with Crippen LogP contribution in [0.3, 0.4) is 0 Å². The van der Waals surface area contributed by atoms with Crippen LogP contribution in [0.2, 0.25) is 9.26 Å². The van der Waals surface area contributed by atoms with Gasteiger partial charge in [-0.3, -0.25) is 0 Å². The molecule has 2 heteroatoms. The summed E-state index contributed by atoms with van der Waals surface area (Å²) in [4.78, 5) is 0. The summed E-state index contributed by atoms with van der Waals surface area (Å²) in [5.41, 5.74) is 6.44. The Hall–Kier alpha value is -0.460. The molecule has 3 rings (SSSR count). The molecule has 0 saturated heterocycles. The monoisotopic (exact) mass is 400 g/mol. The van der Waals surface area contributed by atoms with E-state index in [1.807, 2.05) is 0 Å². The van der Waals surface area contributed by atoms with E-state index in [-0.39, 0.29) is 0 Å². The zero-order chi connectivity index (χ0) is 17.1. The fraction of sp³-hybridized carbons (Fsp3) is 0.429.